The number of amides is 1. The molecule has 0 aromatic carbocycles. The Labute approximate surface area is 93.9 Å². The normalized spacial score (nSPS) is 29.2. The zero-order chi connectivity index (χ0) is 11.0. The van der Waals surface area contributed by atoms with Crippen LogP contribution in [0, 0.1) is 5.41 Å². The predicted molar refractivity (Wildman–Crippen MR) is 58.9 cm³/mol. The molecular weight excluding hydrogens is 204 g/mol. The van der Waals surface area contributed by atoms with Gasteiger partial charge in [-0.1, -0.05) is 0 Å². The van der Waals surface area contributed by atoms with E-state index in [9.17, 15) is 4.79 Å². The first-order chi connectivity index (χ1) is 7.79. The van der Waals surface area contributed by atoms with Crippen LogP contribution in [0.4, 0.5) is 5.69 Å². The van der Waals surface area contributed by atoms with Crippen LogP contribution in [0.1, 0.15) is 12.8 Å². The van der Waals surface area contributed by atoms with Crippen LogP contribution in [0.25, 0.3) is 0 Å². The molecule has 16 heavy (non-hydrogen) atoms. The monoisotopic (exact) mass is 218 g/mol. The fourth-order valence-corrected chi connectivity index (χ4v) is 2.64. The maximum Gasteiger partial charge on any atom is 0.227 e. The van der Waals surface area contributed by atoms with Crippen molar-refractivity contribution in [3.63, 3.8) is 0 Å². The molecule has 1 spiro atoms. The standard InChI is InChI=1S/C11H14N4O/c16-10-3-11(1-2-12-6-11)7-15(10)9-4-13-8-14-5-9/h4-5,8,12H,1-3,6-7H2/t11-/m1/s1. The first kappa shape index (κ1) is 9.72. The van der Waals surface area contributed by atoms with Gasteiger partial charge in [-0.05, 0) is 13.0 Å². The van der Waals surface area contributed by atoms with Crippen LogP contribution in [-0.4, -0.2) is 35.5 Å². The minimum Gasteiger partial charge on any atom is -0.316 e. The van der Waals surface area contributed by atoms with E-state index in [4.69, 9.17) is 0 Å². The van der Waals surface area contributed by atoms with Gasteiger partial charge in [-0.15, -0.1) is 0 Å². The molecule has 2 saturated heterocycles. The third-order valence-corrected chi connectivity index (χ3v) is 3.51. The van der Waals surface area contributed by atoms with Crippen molar-refractivity contribution in [2.45, 2.75) is 12.8 Å². The third kappa shape index (κ3) is 1.48. The third-order valence-electron chi connectivity index (χ3n) is 3.51. The number of hydrogen-bond donors (Lipinski definition) is 1. The van der Waals surface area contributed by atoms with Crippen molar-refractivity contribution in [3.8, 4) is 0 Å². The SMILES string of the molecule is O=C1C[C@@]2(CCNC2)CN1c1cncnc1. The fourth-order valence-electron chi connectivity index (χ4n) is 2.64. The molecule has 3 rings (SSSR count). The Morgan fingerprint density at radius 3 is 2.88 bits per heavy atom. The van der Waals surface area contributed by atoms with Gasteiger partial charge in [0.2, 0.25) is 5.91 Å². The second-order valence-corrected chi connectivity index (χ2v) is 4.68. The molecule has 2 fully saturated rings. The lowest BCUT2D eigenvalue weighted by Gasteiger charge is -2.21. The lowest BCUT2D eigenvalue weighted by Crippen LogP contribution is -2.30. The maximum atomic E-state index is 12.0. The number of aromatic nitrogens is 2. The van der Waals surface area contributed by atoms with Crippen molar-refractivity contribution in [1.29, 1.82) is 0 Å². The van der Waals surface area contributed by atoms with E-state index in [0.29, 0.717) is 6.42 Å². The van der Waals surface area contributed by atoms with E-state index >= 15 is 0 Å². The second-order valence-electron chi connectivity index (χ2n) is 4.68. The molecule has 5 heteroatoms. The molecule has 2 aliphatic rings. The smallest absolute Gasteiger partial charge is 0.227 e. The van der Waals surface area contributed by atoms with E-state index in [2.05, 4.69) is 15.3 Å². The molecule has 0 saturated carbocycles. The molecule has 0 radical (unpaired) electrons. The zero-order valence-corrected chi connectivity index (χ0v) is 9.02. The van der Waals surface area contributed by atoms with Crippen molar-refractivity contribution in [2.24, 2.45) is 5.41 Å². The van der Waals surface area contributed by atoms with Crippen LogP contribution in [0.5, 0.6) is 0 Å². The average molecular weight is 218 g/mol. The van der Waals surface area contributed by atoms with Gasteiger partial charge < -0.3 is 10.2 Å². The van der Waals surface area contributed by atoms with Crippen molar-refractivity contribution < 1.29 is 4.79 Å². The van der Waals surface area contributed by atoms with E-state index in [0.717, 1.165) is 31.7 Å². The highest BCUT2D eigenvalue weighted by molar-refractivity contribution is 5.96. The molecule has 1 N–H and O–H groups in total. The molecule has 2 aliphatic heterocycles. The molecule has 5 nitrogen and oxygen atoms in total. The van der Waals surface area contributed by atoms with E-state index in [-0.39, 0.29) is 11.3 Å². The highest BCUT2D eigenvalue weighted by atomic mass is 16.2. The molecule has 3 heterocycles. The number of rotatable bonds is 1. The van der Waals surface area contributed by atoms with Crippen molar-refractivity contribution in [3.05, 3.63) is 18.7 Å². The molecule has 84 valence electrons. The Bertz CT molecular complexity index is 400. The minimum atomic E-state index is 0.146. The second kappa shape index (κ2) is 3.52. The number of nitrogens with zero attached hydrogens (tertiary/aromatic N) is 3. The number of anilines is 1. The number of nitrogens with one attached hydrogen (secondary N) is 1. The van der Waals surface area contributed by atoms with Crippen LogP contribution in [0.3, 0.4) is 0 Å². The summed E-state index contributed by atoms with van der Waals surface area (Å²) >= 11 is 0. The summed E-state index contributed by atoms with van der Waals surface area (Å²) in [5.74, 6) is 0.193. The first-order valence-electron chi connectivity index (χ1n) is 5.55. The predicted octanol–water partition coefficient (Wildman–Crippen LogP) is 0.193. The van der Waals surface area contributed by atoms with Gasteiger partial charge in [-0.25, -0.2) is 9.97 Å². The summed E-state index contributed by atoms with van der Waals surface area (Å²) in [5, 5.41) is 3.34. The Morgan fingerprint density at radius 1 is 1.38 bits per heavy atom. The van der Waals surface area contributed by atoms with Gasteiger partial charge in [0.15, 0.2) is 0 Å². The van der Waals surface area contributed by atoms with Gasteiger partial charge in [0.05, 0.1) is 18.1 Å². The quantitative estimate of drug-likeness (QED) is 0.731. The number of hydrogen-bond acceptors (Lipinski definition) is 4. The van der Waals surface area contributed by atoms with Gasteiger partial charge in [0, 0.05) is 24.9 Å². The molecule has 1 aromatic rings. The lowest BCUT2D eigenvalue weighted by atomic mass is 9.86. The summed E-state index contributed by atoms with van der Waals surface area (Å²) < 4.78 is 0. The van der Waals surface area contributed by atoms with Gasteiger partial charge in [0.1, 0.15) is 6.33 Å². The van der Waals surface area contributed by atoms with Crippen LogP contribution < -0.4 is 10.2 Å². The van der Waals surface area contributed by atoms with Gasteiger partial charge in [-0.2, -0.15) is 0 Å². The van der Waals surface area contributed by atoms with E-state index in [1.807, 2.05) is 4.90 Å². The molecule has 0 unspecified atom stereocenters. The topological polar surface area (TPSA) is 58.1 Å². The summed E-state index contributed by atoms with van der Waals surface area (Å²) in [6.07, 6.45) is 6.62. The largest absolute Gasteiger partial charge is 0.316 e. The lowest BCUT2D eigenvalue weighted by molar-refractivity contribution is -0.117. The Morgan fingerprint density at radius 2 is 2.19 bits per heavy atom. The van der Waals surface area contributed by atoms with E-state index in [1.54, 1.807) is 12.4 Å². The summed E-state index contributed by atoms with van der Waals surface area (Å²) in [4.78, 5) is 21.7. The Balaban J connectivity index is 1.86. The molecule has 1 atom stereocenters. The molecular formula is C11H14N4O. The van der Waals surface area contributed by atoms with Gasteiger partial charge in [-0.3, -0.25) is 4.79 Å². The zero-order valence-electron chi connectivity index (χ0n) is 9.02. The number of carbonyl (C=O) groups is 1. The summed E-state index contributed by atoms with van der Waals surface area (Å²) in [6, 6.07) is 0. The van der Waals surface area contributed by atoms with E-state index < -0.39 is 0 Å². The summed E-state index contributed by atoms with van der Waals surface area (Å²) in [5.41, 5.74) is 0.962. The van der Waals surface area contributed by atoms with Gasteiger partial charge in [0.25, 0.3) is 0 Å². The van der Waals surface area contributed by atoms with Crippen LogP contribution in [-0.2, 0) is 4.79 Å². The Hall–Kier alpha value is -1.49. The average Bonchev–Trinajstić information content (AvgIpc) is 2.88. The van der Waals surface area contributed by atoms with Crippen molar-refractivity contribution in [2.75, 3.05) is 24.5 Å². The highest BCUT2D eigenvalue weighted by Crippen LogP contribution is 2.38. The fraction of sp³-hybridized carbons (Fsp3) is 0.545. The number of carbonyl (C=O) groups excluding carboxylic acids is 1. The Kier molecular flexibility index (Phi) is 2.14. The maximum absolute atomic E-state index is 12.0. The first-order valence-corrected chi connectivity index (χ1v) is 5.55. The molecule has 1 amide bonds. The van der Waals surface area contributed by atoms with Gasteiger partial charge >= 0.3 is 0 Å². The minimum absolute atomic E-state index is 0.146. The molecule has 0 aliphatic carbocycles. The van der Waals surface area contributed by atoms with Crippen molar-refractivity contribution in [1.82, 2.24) is 15.3 Å². The highest BCUT2D eigenvalue weighted by Gasteiger charge is 2.45. The summed E-state index contributed by atoms with van der Waals surface area (Å²) in [6.45, 7) is 2.77. The molecule has 0 bridgehead atoms. The van der Waals surface area contributed by atoms with Crippen LogP contribution in [0.15, 0.2) is 18.7 Å². The van der Waals surface area contributed by atoms with Crippen LogP contribution in [0.2, 0.25) is 0 Å². The molecule has 1 aromatic heterocycles. The summed E-state index contributed by atoms with van der Waals surface area (Å²) in [7, 11) is 0. The van der Waals surface area contributed by atoms with E-state index in [1.165, 1.54) is 6.33 Å². The van der Waals surface area contributed by atoms with Crippen molar-refractivity contribution >= 4 is 11.6 Å². The van der Waals surface area contributed by atoms with Crippen LogP contribution >= 0.6 is 0 Å².